The lowest BCUT2D eigenvalue weighted by Crippen LogP contribution is -2.06. The van der Waals surface area contributed by atoms with Crippen molar-refractivity contribution in [1.29, 1.82) is 0 Å². The molecule has 0 radical (unpaired) electrons. The number of nitro benzene ring substituents is 2. The number of H-pyrrole nitrogens is 1. The average molecular weight is 516 g/mol. The lowest BCUT2D eigenvalue weighted by atomic mass is 9.98. The number of halogens is 4. The fraction of sp³-hybridized carbons (Fsp3) is 0. The van der Waals surface area contributed by atoms with Gasteiger partial charge in [0.1, 0.15) is 0 Å². The van der Waals surface area contributed by atoms with Gasteiger partial charge in [0.25, 0.3) is 17.3 Å². The zero-order valence-electron chi connectivity index (χ0n) is 15.2. The number of rotatable bonds is 4. The highest BCUT2D eigenvalue weighted by molar-refractivity contribution is 6.47. The highest BCUT2D eigenvalue weighted by atomic mass is 35.5. The van der Waals surface area contributed by atoms with Crippen LogP contribution in [0.2, 0.25) is 20.1 Å². The first kappa shape index (κ1) is 22.0. The zero-order chi connectivity index (χ0) is 23.5. The van der Waals surface area contributed by atoms with E-state index in [9.17, 15) is 30.1 Å². The van der Waals surface area contributed by atoms with Gasteiger partial charge in [-0.1, -0.05) is 46.4 Å². The number of amides is 1. The van der Waals surface area contributed by atoms with Crippen molar-refractivity contribution in [1.82, 2.24) is 4.98 Å². The van der Waals surface area contributed by atoms with E-state index in [1.54, 1.807) is 0 Å². The van der Waals surface area contributed by atoms with Crippen molar-refractivity contribution < 1.29 is 19.7 Å². The summed E-state index contributed by atoms with van der Waals surface area (Å²) in [5.74, 6) is -1.59. The van der Waals surface area contributed by atoms with E-state index in [4.69, 9.17) is 46.4 Å². The number of nitrogens with one attached hydrogen (secondary N) is 1. The minimum absolute atomic E-state index is 0.0461. The number of aliphatic imine (C=N–C) groups is 1. The molecule has 0 spiro atoms. The predicted molar refractivity (Wildman–Crippen MR) is 118 cm³/mol. The molecular weight excluding hydrogens is 510 g/mol. The largest absolute Gasteiger partial charge is 0.494 e. The number of nitro groups is 2. The number of aromatic nitrogens is 1. The van der Waals surface area contributed by atoms with Crippen molar-refractivity contribution in [3.05, 3.63) is 81.3 Å². The van der Waals surface area contributed by atoms with Crippen molar-refractivity contribution in [2.75, 3.05) is 0 Å². The van der Waals surface area contributed by atoms with Gasteiger partial charge in [0.05, 0.1) is 63.6 Å². The van der Waals surface area contributed by atoms with Crippen LogP contribution >= 0.6 is 46.4 Å². The van der Waals surface area contributed by atoms with E-state index < -0.39 is 33.0 Å². The summed E-state index contributed by atoms with van der Waals surface area (Å²) in [5, 5.41) is 33.0. The monoisotopic (exact) mass is 514 g/mol. The summed E-state index contributed by atoms with van der Waals surface area (Å²) >= 11 is 24.4. The molecule has 1 aliphatic heterocycles. The molecule has 4 rings (SSSR count). The second-order valence-electron chi connectivity index (χ2n) is 6.39. The molecule has 3 aromatic rings. The first-order valence-electron chi connectivity index (χ1n) is 8.38. The van der Waals surface area contributed by atoms with Gasteiger partial charge in [0, 0.05) is 12.1 Å². The van der Waals surface area contributed by atoms with Crippen LogP contribution in [0, 0.1) is 20.2 Å². The van der Waals surface area contributed by atoms with Gasteiger partial charge in [-0.25, -0.2) is 4.99 Å². The molecule has 10 nitrogen and oxygen atoms in total. The van der Waals surface area contributed by atoms with E-state index in [1.165, 1.54) is 12.1 Å². The minimum Gasteiger partial charge on any atom is -0.494 e. The number of nitrogens with zero attached hydrogens (tertiary/aromatic N) is 3. The summed E-state index contributed by atoms with van der Waals surface area (Å²) in [6, 6.07) is 4.54. The number of carbonyl (C=O) groups excluding carboxylic acids is 1. The zero-order valence-corrected chi connectivity index (χ0v) is 18.2. The van der Waals surface area contributed by atoms with Crippen molar-refractivity contribution in [3.63, 3.8) is 0 Å². The van der Waals surface area contributed by atoms with Crippen LogP contribution < -0.4 is 0 Å². The Morgan fingerprint density at radius 2 is 1.31 bits per heavy atom. The number of hydrogen-bond donors (Lipinski definition) is 2. The summed E-state index contributed by atoms with van der Waals surface area (Å²) in [5.41, 5.74) is -2.70. The Bertz CT molecular complexity index is 1420. The molecule has 14 heteroatoms. The number of carbonyl (C=O) groups is 1. The van der Waals surface area contributed by atoms with E-state index in [0.29, 0.717) is 0 Å². The van der Waals surface area contributed by atoms with Gasteiger partial charge < -0.3 is 10.1 Å². The van der Waals surface area contributed by atoms with E-state index in [2.05, 4.69) is 9.98 Å². The van der Waals surface area contributed by atoms with E-state index in [-0.39, 0.29) is 53.7 Å². The molecular formula is C18H6Cl4N4O6. The molecule has 0 bridgehead atoms. The topological polar surface area (TPSA) is 152 Å². The first-order valence-corrected chi connectivity index (χ1v) is 9.89. The molecule has 0 atom stereocenters. The normalized spacial score (nSPS) is 12.6. The van der Waals surface area contributed by atoms with Gasteiger partial charge in [-0.2, -0.15) is 0 Å². The number of benzene rings is 2. The molecule has 2 N–H and O–H groups in total. The summed E-state index contributed by atoms with van der Waals surface area (Å²) in [4.78, 5) is 40.6. The van der Waals surface area contributed by atoms with Gasteiger partial charge in [-0.15, -0.1) is 0 Å². The quantitative estimate of drug-likeness (QED) is 0.330. The van der Waals surface area contributed by atoms with E-state index >= 15 is 0 Å². The standard InChI is InChI=1S/C18H6Cl4N4O6/c19-5-1-3-7(25(29)30)9(13(5)21)15-11-12(18(28)23-15)16(24-17(11)27)10-8(26(31)32)4-2-6(20)14(10)22/h1-4,23,28H. The van der Waals surface area contributed by atoms with Crippen LogP contribution in [-0.4, -0.2) is 31.6 Å². The molecule has 1 aromatic heterocycles. The van der Waals surface area contributed by atoms with Crippen molar-refractivity contribution in [3.8, 4) is 17.1 Å². The third-order valence-electron chi connectivity index (χ3n) is 4.67. The number of hydrogen-bond acceptors (Lipinski definition) is 6. The number of aromatic amines is 1. The van der Waals surface area contributed by atoms with Crippen LogP contribution in [0.4, 0.5) is 11.4 Å². The fourth-order valence-electron chi connectivity index (χ4n) is 3.36. The van der Waals surface area contributed by atoms with Gasteiger partial charge in [-0.3, -0.25) is 25.0 Å². The Hall–Kier alpha value is -3.18. The van der Waals surface area contributed by atoms with Crippen molar-refractivity contribution in [2.45, 2.75) is 0 Å². The van der Waals surface area contributed by atoms with Crippen LogP contribution in [0.15, 0.2) is 29.3 Å². The second-order valence-corrected chi connectivity index (χ2v) is 7.96. The third-order valence-corrected chi connectivity index (χ3v) is 6.28. The second kappa shape index (κ2) is 7.75. The maximum absolute atomic E-state index is 12.8. The summed E-state index contributed by atoms with van der Waals surface area (Å²) < 4.78 is 0. The number of aromatic hydroxyl groups is 1. The lowest BCUT2D eigenvalue weighted by Gasteiger charge is -2.07. The molecule has 32 heavy (non-hydrogen) atoms. The highest BCUT2D eigenvalue weighted by Gasteiger charge is 2.39. The maximum Gasteiger partial charge on any atom is 0.280 e. The average Bonchev–Trinajstić information content (AvgIpc) is 3.23. The maximum atomic E-state index is 12.8. The Labute approximate surface area is 197 Å². The third kappa shape index (κ3) is 3.19. The van der Waals surface area contributed by atoms with Gasteiger partial charge in [0.2, 0.25) is 0 Å². The molecule has 1 aliphatic rings. The van der Waals surface area contributed by atoms with E-state index in [1.807, 2.05) is 0 Å². The van der Waals surface area contributed by atoms with Gasteiger partial charge in [0.15, 0.2) is 5.88 Å². The van der Waals surface area contributed by atoms with Crippen LogP contribution in [0.5, 0.6) is 5.88 Å². The van der Waals surface area contributed by atoms with E-state index in [0.717, 1.165) is 12.1 Å². The SMILES string of the molecule is O=C1N=C(c2c([N+](=O)[O-])ccc(Cl)c2Cl)c2c(O)[nH]c(-c3c([N+](=O)[O-])ccc(Cl)c3Cl)c21. The van der Waals surface area contributed by atoms with Crippen molar-refractivity contribution >= 4 is 69.4 Å². The predicted octanol–water partition coefficient (Wildman–Crippen LogP) is 5.81. The van der Waals surface area contributed by atoms with Crippen LogP contribution in [0.3, 0.4) is 0 Å². The van der Waals surface area contributed by atoms with Crippen LogP contribution in [-0.2, 0) is 0 Å². The van der Waals surface area contributed by atoms with Crippen LogP contribution in [0.1, 0.15) is 21.5 Å². The minimum atomic E-state index is -0.947. The fourth-order valence-corrected chi connectivity index (χ4v) is 4.18. The molecule has 2 aromatic carbocycles. The molecule has 0 aliphatic carbocycles. The van der Waals surface area contributed by atoms with Gasteiger partial charge in [-0.05, 0) is 12.1 Å². The molecule has 0 unspecified atom stereocenters. The lowest BCUT2D eigenvalue weighted by molar-refractivity contribution is -0.385. The molecule has 162 valence electrons. The summed E-state index contributed by atoms with van der Waals surface area (Å²) in [6.45, 7) is 0. The smallest absolute Gasteiger partial charge is 0.280 e. The van der Waals surface area contributed by atoms with Crippen molar-refractivity contribution in [2.24, 2.45) is 4.99 Å². The highest BCUT2D eigenvalue weighted by Crippen LogP contribution is 2.47. The summed E-state index contributed by atoms with van der Waals surface area (Å²) in [7, 11) is 0. The molecule has 2 heterocycles. The Morgan fingerprint density at radius 3 is 1.84 bits per heavy atom. The number of fused-ring (bicyclic) bond motifs is 1. The van der Waals surface area contributed by atoms with Gasteiger partial charge >= 0.3 is 0 Å². The molecule has 0 saturated heterocycles. The Balaban J connectivity index is 2.05. The molecule has 1 amide bonds. The Kier molecular flexibility index (Phi) is 5.33. The first-order chi connectivity index (χ1) is 15.0. The van der Waals surface area contributed by atoms with Crippen LogP contribution in [0.25, 0.3) is 11.3 Å². The molecule has 0 saturated carbocycles. The summed E-state index contributed by atoms with van der Waals surface area (Å²) in [6.07, 6.45) is 0. The molecule has 0 fully saturated rings. The Morgan fingerprint density at radius 1 is 0.812 bits per heavy atom.